The fourth-order valence-electron chi connectivity index (χ4n) is 2.04. The van der Waals surface area contributed by atoms with E-state index < -0.39 is 10.7 Å². The molecule has 0 unspecified atom stereocenters. The van der Waals surface area contributed by atoms with Crippen LogP contribution < -0.4 is 5.32 Å². The second-order valence-electron chi connectivity index (χ2n) is 4.13. The first-order chi connectivity index (χ1) is 9.99. The highest BCUT2D eigenvalue weighted by Gasteiger charge is 2.21. The van der Waals surface area contributed by atoms with E-state index in [2.05, 4.69) is 5.32 Å². The van der Waals surface area contributed by atoms with Crippen molar-refractivity contribution in [1.29, 1.82) is 5.26 Å². The lowest BCUT2D eigenvalue weighted by atomic mass is 9.97. The van der Waals surface area contributed by atoms with E-state index in [1.165, 1.54) is 37.4 Å². The molecular formula is C14H9ClFN3O2. The van der Waals surface area contributed by atoms with Gasteiger partial charge in [-0.2, -0.15) is 5.26 Å². The maximum absolute atomic E-state index is 13.4. The molecule has 0 amide bonds. The normalized spacial score (nSPS) is 10.0. The van der Waals surface area contributed by atoms with Crippen LogP contribution in [0.25, 0.3) is 11.1 Å². The Kier molecular flexibility index (Phi) is 4.05. The van der Waals surface area contributed by atoms with Crippen LogP contribution in [0.4, 0.5) is 15.8 Å². The van der Waals surface area contributed by atoms with Crippen LogP contribution >= 0.6 is 11.6 Å². The summed E-state index contributed by atoms with van der Waals surface area (Å²) < 4.78 is 13.4. The minimum absolute atomic E-state index is 0.0409. The van der Waals surface area contributed by atoms with Gasteiger partial charge < -0.3 is 5.32 Å². The third-order valence-electron chi connectivity index (χ3n) is 2.96. The first kappa shape index (κ1) is 14.8. The molecule has 0 fully saturated rings. The maximum atomic E-state index is 13.4. The van der Waals surface area contributed by atoms with Crippen LogP contribution in [0.2, 0.25) is 5.02 Å². The Morgan fingerprint density at radius 2 is 2.05 bits per heavy atom. The molecule has 0 aliphatic heterocycles. The predicted molar refractivity (Wildman–Crippen MR) is 77.8 cm³/mol. The smallest absolute Gasteiger partial charge is 0.293 e. The Labute approximate surface area is 124 Å². The molecule has 0 aliphatic rings. The van der Waals surface area contributed by atoms with Gasteiger partial charge in [-0.1, -0.05) is 11.6 Å². The summed E-state index contributed by atoms with van der Waals surface area (Å²) in [7, 11) is 1.47. The zero-order valence-corrected chi connectivity index (χ0v) is 11.6. The third kappa shape index (κ3) is 2.64. The van der Waals surface area contributed by atoms with Crippen molar-refractivity contribution in [3.05, 3.63) is 56.8 Å². The summed E-state index contributed by atoms with van der Waals surface area (Å²) in [6, 6.07) is 8.30. The molecule has 0 spiro atoms. The molecule has 0 atom stereocenters. The van der Waals surface area contributed by atoms with Gasteiger partial charge in [0.05, 0.1) is 10.5 Å². The SMILES string of the molecule is CNc1c([N+](=O)[O-])ccc(-c2cc(F)ccc2Cl)c1C#N. The molecule has 2 aromatic rings. The largest absolute Gasteiger partial charge is 0.381 e. The van der Waals surface area contributed by atoms with Crippen molar-refractivity contribution in [1.82, 2.24) is 0 Å². The quantitative estimate of drug-likeness (QED) is 0.687. The second kappa shape index (κ2) is 5.77. The maximum Gasteiger partial charge on any atom is 0.293 e. The molecular weight excluding hydrogens is 297 g/mol. The number of nitro benzene ring substituents is 1. The molecule has 5 nitrogen and oxygen atoms in total. The van der Waals surface area contributed by atoms with Crippen molar-refractivity contribution < 1.29 is 9.31 Å². The minimum atomic E-state index is -0.594. The molecule has 106 valence electrons. The van der Waals surface area contributed by atoms with Crippen LogP contribution in [-0.2, 0) is 0 Å². The van der Waals surface area contributed by atoms with Crippen LogP contribution in [-0.4, -0.2) is 12.0 Å². The zero-order valence-electron chi connectivity index (χ0n) is 10.9. The number of nitro groups is 1. The molecule has 0 bridgehead atoms. The summed E-state index contributed by atoms with van der Waals surface area (Å²) in [6.07, 6.45) is 0. The standard InChI is InChI=1S/C14H9ClFN3O2/c1-18-14-11(7-17)9(3-5-13(14)19(20)21)10-6-8(16)2-4-12(10)15/h2-6,18H,1H3. The third-order valence-corrected chi connectivity index (χ3v) is 3.29. The molecule has 2 rings (SSSR count). The van der Waals surface area contributed by atoms with Crippen molar-refractivity contribution in [2.24, 2.45) is 0 Å². The van der Waals surface area contributed by atoms with Gasteiger partial charge in [0.15, 0.2) is 0 Å². The molecule has 0 saturated heterocycles. The first-order valence-electron chi connectivity index (χ1n) is 5.84. The molecule has 7 heteroatoms. The van der Waals surface area contributed by atoms with E-state index in [0.29, 0.717) is 11.1 Å². The number of halogens is 2. The molecule has 0 radical (unpaired) electrons. The number of hydrogen-bond donors (Lipinski definition) is 1. The van der Waals surface area contributed by atoms with E-state index in [1.807, 2.05) is 6.07 Å². The molecule has 21 heavy (non-hydrogen) atoms. The van der Waals surface area contributed by atoms with Gasteiger partial charge in [-0.3, -0.25) is 10.1 Å². The zero-order chi connectivity index (χ0) is 15.6. The van der Waals surface area contributed by atoms with Crippen LogP contribution in [0, 0.1) is 27.3 Å². The van der Waals surface area contributed by atoms with Crippen molar-refractivity contribution in [3.8, 4) is 17.2 Å². The summed E-state index contributed by atoms with van der Waals surface area (Å²) in [5, 5.41) is 23.2. The number of rotatable bonds is 3. The Balaban J connectivity index is 2.80. The van der Waals surface area contributed by atoms with E-state index in [4.69, 9.17) is 11.6 Å². The van der Waals surface area contributed by atoms with E-state index in [9.17, 15) is 19.8 Å². The fraction of sp³-hybridized carbons (Fsp3) is 0.0714. The van der Waals surface area contributed by atoms with Gasteiger partial charge in [0.1, 0.15) is 17.6 Å². The van der Waals surface area contributed by atoms with Gasteiger partial charge in [0.25, 0.3) is 5.69 Å². The van der Waals surface area contributed by atoms with Gasteiger partial charge >= 0.3 is 0 Å². The summed E-state index contributed by atoms with van der Waals surface area (Å²) in [5.74, 6) is -0.511. The molecule has 2 aromatic carbocycles. The van der Waals surface area contributed by atoms with E-state index in [1.54, 1.807) is 0 Å². The summed E-state index contributed by atoms with van der Waals surface area (Å²) in [5.41, 5.74) is 0.515. The molecule has 0 heterocycles. The summed E-state index contributed by atoms with van der Waals surface area (Å²) in [6.45, 7) is 0. The van der Waals surface area contributed by atoms with E-state index in [-0.39, 0.29) is 22.0 Å². The Morgan fingerprint density at radius 3 is 2.62 bits per heavy atom. The second-order valence-corrected chi connectivity index (χ2v) is 4.53. The number of nitrogens with zero attached hydrogens (tertiary/aromatic N) is 2. The predicted octanol–water partition coefficient (Wildman–Crippen LogP) is 3.97. The topological polar surface area (TPSA) is 79.0 Å². The Morgan fingerprint density at radius 1 is 1.33 bits per heavy atom. The van der Waals surface area contributed by atoms with Gasteiger partial charge in [-0.15, -0.1) is 0 Å². The number of nitriles is 1. The number of nitrogens with one attached hydrogen (secondary N) is 1. The lowest BCUT2D eigenvalue weighted by Gasteiger charge is -2.11. The monoisotopic (exact) mass is 305 g/mol. The Hall–Kier alpha value is -2.65. The average molecular weight is 306 g/mol. The van der Waals surface area contributed by atoms with Gasteiger partial charge in [-0.25, -0.2) is 4.39 Å². The average Bonchev–Trinajstić information content (AvgIpc) is 2.47. The molecule has 0 saturated carbocycles. The summed E-state index contributed by atoms with van der Waals surface area (Å²) >= 11 is 6.03. The molecule has 0 aromatic heterocycles. The van der Waals surface area contributed by atoms with Crippen LogP contribution in [0.15, 0.2) is 30.3 Å². The van der Waals surface area contributed by atoms with E-state index >= 15 is 0 Å². The van der Waals surface area contributed by atoms with Gasteiger partial charge in [-0.05, 0) is 24.3 Å². The van der Waals surface area contributed by atoms with E-state index in [0.717, 1.165) is 0 Å². The number of hydrogen-bond acceptors (Lipinski definition) is 4. The number of benzene rings is 2. The van der Waals surface area contributed by atoms with Crippen LogP contribution in [0.3, 0.4) is 0 Å². The minimum Gasteiger partial charge on any atom is -0.381 e. The van der Waals surface area contributed by atoms with Gasteiger partial charge in [0, 0.05) is 29.3 Å². The van der Waals surface area contributed by atoms with Crippen LogP contribution in [0.1, 0.15) is 5.56 Å². The highest BCUT2D eigenvalue weighted by Crippen LogP contribution is 2.38. The first-order valence-corrected chi connectivity index (χ1v) is 6.22. The number of anilines is 1. The molecule has 1 N–H and O–H groups in total. The van der Waals surface area contributed by atoms with Gasteiger partial charge in [0.2, 0.25) is 0 Å². The molecule has 0 aliphatic carbocycles. The lowest BCUT2D eigenvalue weighted by molar-refractivity contribution is -0.383. The van der Waals surface area contributed by atoms with Crippen molar-refractivity contribution in [2.75, 3.05) is 12.4 Å². The van der Waals surface area contributed by atoms with Crippen molar-refractivity contribution in [3.63, 3.8) is 0 Å². The van der Waals surface area contributed by atoms with Crippen LogP contribution in [0.5, 0.6) is 0 Å². The summed E-state index contributed by atoms with van der Waals surface area (Å²) in [4.78, 5) is 10.4. The van der Waals surface area contributed by atoms with Crippen molar-refractivity contribution in [2.45, 2.75) is 0 Å². The van der Waals surface area contributed by atoms with Crippen molar-refractivity contribution >= 4 is 23.0 Å². The Bertz CT molecular complexity index is 772. The highest BCUT2D eigenvalue weighted by atomic mass is 35.5. The fourth-order valence-corrected chi connectivity index (χ4v) is 2.26. The highest BCUT2D eigenvalue weighted by molar-refractivity contribution is 6.33. The lowest BCUT2D eigenvalue weighted by Crippen LogP contribution is -2.01.